The van der Waals surface area contributed by atoms with Crippen molar-refractivity contribution in [3.63, 3.8) is 0 Å². The first kappa shape index (κ1) is 25.2. The maximum Gasteiger partial charge on any atom is 0.313 e. The second-order valence-electron chi connectivity index (χ2n) is 10.7. The normalized spacial score (nSPS) is 21.3. The lowest BCUT2D eigenvalue weighted by Gasteiger charge is -2.38. The average molecular weight is 504 g/mol. The molecular formula is C28H37N7O2. The number of carbonyl (C=O) groups is 2. The Kier molecular flexibility index (Phi) is 7.15. The monoisotopic (exact) mass is 503 g/mol. The molecular weight excluding hydrogens is 466 g/mol. The average Bonchev–Trinajstić information content (AvgIpc) is 3.33. The van der Waals surface area contributed by atoms with Crippen LogP contribution < -0.4 is 11.1 Å². The molecule has 5 rings (SSSR count). The van der Waals surface area contributed by atoms with Gasteiger partial charge in [-0.2, -0.15) is 0 Å². The van der Waals surface area contributed by atoms with Crippen LogP contribution in [-0.4, -0.2) is 62.7 Å². The van der Waals surface area contributed by atoms with Gasteiger partial charge in [-0.1, -0.05) is 13.8 Å². The van der Waals surface area contributed by atoms with Gasteiger partial charge in [0.2, 0.25) is 0 Å². The fourth-order valence-electron chi connectivity index (χ4n) is 5.64. The lowest BCUT2D eigenvalue weighted by atomic mass is 9.90. The molecule has 2 aliphatic heterocycles. The molecule has 5 heterocycles. The lowest BCUT2D eigenvalue weighted by molar-refractivity contribution is -0.146. The smallest absolute Gasteiger partial charge is 0.313 e. The van der Waals surface area contributed by atoms with Gasteiger partial charge in [-0.05, 0) is 87.5 Å². The number of hydrogen-bond acceptors (Lipinski definition) is 6. The number of aromatic nitrogens is 3. The molecule has 0 aromatic carbocycles. The number of anilines is 2. The molecule has 3 N–H and O–H groups in total. The summed E-state index contributed by atoms with van der Waals surface area (Å²) in [6.45, 7) is 6.82. The molecule has 2 aliphatic rings. The molecule has 0 bridgehead atoms. The van der Waals surface area contributed by atoms with Crippen LogP contribution in [0.25, 0.3) is 5.65 Å². The van der Waals surface area contributed by atoms with Crippen molar-refractivity contribution in [1.82, 2.24) is 24.2 Å². The molecule has 0 saturated carbocycles. The molecule has 2 amide bonds. The summed E-state index contributed by atoms with van der Waals surface area (Å²) in [6.07, 6.45) is 10.4. The van der Waals surface area contributed by atoms with E-state index in [4.69, 9.17) is 10.7 Å². The van der Waals surface area contributed by atoms with E-state index in [1.807, 2.05) is 13.1 Å². The largest absolute Gasteiger partial charge is 0.383 e. The van der Waals surface area contributed by atoms with Crippen LogP contribution in [0.4, 0.5) is 11.5 Å². The lowest BCUT2D eigenvalue weighted by Crippen LogP contribution is -2.46. The van der Waals surface area contributed by atoms with Crippen LogP contribution in [0.15, 0.2) is 36.8 Å². The zero-order valence-electron chi connectivity index (χ0n) is 22.0. The SMILES string of the molecule is CCc1cc(NC(=O)C(=O)N2C[C@@H](C)CC[C@@H]2c2ccn3cc(C4CCN(C)CC4)nc3c2)cnc1N. The number of pyridine rings is 2. The van der Waals surface area contributed by atoms with Crippen molar-refractivity contribution < 1.29 is 9.59 Å². The third kappa shape index (κ3) is 5.32. The summed E-state index contributed by atoms with van der Waals surface area (Å²) < 4.78 is 2.07. The summed E-state index contributed by atoms with van der Waals surface area (Å²) in [6, 6.07) is 5.74. The molecule has 3 aromatic heterocycles. The van der Waals surface area contributed by atoms with Crippen LogP contribution in [0.3, 0.4) is 0 Å². The van der Waals surface area contributed by atoms with Crippen molar-refractivity contribution in [2.24, 2.45) is 5.92 Å². The number of aryl methyl sites for hydroxylation is 1. The van der Waals surface area contributed by atoms with Gasteiger partial charge < -0.3 is 25.3 Å². The number of rotatable bonds is 4. The number of carbonyl (C=O) groups excluding carboxylic acids is 2. The van der Waals surface area contributed by atoms with Crippen molar-refractivity contribution >= 4 is 29.0 Å². The minimum atomic E-state index is -0.654. The van der Waals surface area contributed by atoms with Crippen LogP contribution in [-0.2, 0) is 16.0 Å². The Bertz CT molecular complexity index is 1290. The molecule has 0 aliphatic carbocycles. The molecule has 9 nitrogen and oxygen atoms in total. The fraction of sp³-hybridized carbons (Fsp3) is 0.500. The third-order valence-corrected chi connectivity index (χ3v) is 7.94. The summed E-state index contributed by atoms with van der Waals surface area (Å²) in [5.41, 5.74) is 10.2. The zero-order valence-corrected chi connectivity index (χ0v) is 22.0. The topological polar surface area (TPSA) is 109 Å². The standard InChI is InChI=1S/C28H37N7O2/c1-4-19-13-22(15-30-26(19)29)31-27(36)28(37)35-16-18(2)5-6-24(35)21-9-12-34-17-23(32-25(34)14-21)20-7-10-33(3)11-8-20/h9,12-15,17-18,20,24H,4-8,10-11,16H2,1-3H3,(H2,29,30)(H,31,36)/t18-,24+/m0/s1. The molecule has 0 radical (unpaired) electrons. The van der Waals surface area contributed by atoms with Gasteiger partial charge in [0.05, 0.1) is 23.6 Å². The third-order valence-electron chi connectivity index (χ3n) is 7.94. The van der Waals surface area contributed by atoms with Crippen LogP contribution in [0, 0.1) is 5.92 Å². The van der Waals surface area contributed by atoms with Crippen LogP contribution in [0.5, 0.6) is 0 Å². The first-order chi connectivity index (χ1) is 17.8. The molecule has 196 valence electrons. The van der Waals surface area contributed by atoms with Crippen LogP contribution in [0.2, 0.25) is 0 Å². The second-order valence-corrected chi connectivity index (χ2v) is 10.7. The highest BCUT2D eigenvalue weighted by atomic mass is 16.2. The minimum Gasteiger partial charge on any atom is -0.383 e. The summed E-state index contributed by atoms with van der Waals surface area (Å²) in [7, 11) is 2.17. The van der Waals surface area contributed by atoms with E-state index in [0.717, 1.165) is 61.2 Å². The second kappa shape index (κ2) is 10.5. The van der Waals surface area contributed by atoms with Crippen LogP contribution in [0.1, 0.15) is 68.3 Å². The van der Waals surface area contributed by atoms with E-state index < -0.39 is 11.8 Å². The van der Waals surface area contributed by atoms with E-state index >= 15 is 0 Å². The van der Waals surface area contributed by atoms with Gasteiger partial charge in [0, 0.05) is 24.9 Å². The van der Waals surface area contributed by atoms with Gasteiger partial charge in [-0.15, -0.1) is 0 Å². The highest BCUT2D eigenvalue weighted by molar-refractivity contribution is 6.39. The minimum absolute atomic E-state index is 0.168. The van der Waals surface area contributed by atoms with Gasteiger partial charge in [0.25, 0.3) is 0 Å². The Hall–Kier alpha value is -3.46. The first-order valence-corrected chi connectivity index (χ1v) is 13.4. The number of nitrogens with one attached hydrogen (secondary N) is 1. The molecule has 0 spiro atoms. The predicted molar refractivity (Wildman–Crippen MR) is 144 cm³/mol. The Morgan fingerprint density at radius 1 is 1.16 bits per heavy atom. The van der Waals surface area contributed by atoms with Crippen LogP contribution >= 0.6 is 0 Å². The summed E-state index contributed by atoms with van der Waals surface area (Å²) in [5.74, 6) is 0.0582. The molecule has 9 heteroatoms. The number of nitrogens with two attached hydrogens (primary N) is 1. The van der Waals surface area contributed by atoms with Gasteiger partial charge >= 0.3 is 11.8 Å². The molecule has 2 fully saturated rings. The number of piperidine rings is 2. The van der Waals surface area contributed by atoms with Gasteiger partial charge in [0.1, 0.15) is 11.5 Å². The van der Waals surface area contributed by atoms with E-state index in [2.05, 4.69) is 51.9 Å². The van der Waals surface area contributed by atoms with Crippen molar-refractivity contribution in [2.75, 3.05) is 37.7 Å². The summed E-state index contributed by atoms with van der Waals surface area (Å²) >= 11 is 0. The zero-order chi connectivity index (χ0) is 26.1. The highest BCUT2D eigenvalue weighted by Crippen LogP contribution is 2.35. The molecule has 0 unspecified atom stereocenters. The van der Waals surface area contributed by atoms with E-state index in [1.54, 1.807) is 11.0 Å². The maximum atomic E-state index is 13.4. The van der Waals surface area contributed by atoms with E-state index in [-0.39, 0.29) is 6.04 Å². The van der Waals surface area contributed by atoms with Crippen molar-refractivity contribution in [1.29, 1.82) is 0 Å². The number of likely N-dealkylation sites (tertiary alicyclic amines) is 2. The number of nitrogens with zero attached hydrogens (tertiary/aromatic N) is 5. The quantitative estimate of drug-likeness (QED) is 0.527. The van der Waals surface area contributed by atoms with Crippen molar-refractivity contribution in [2.45, 2.75) is 57.9 Å². The number of amides is 2. The van der Waals surface area contributed by atoms with E-state index in [1.165, 1.54) is 6.20 Å². The number of imidazole rings is 1. The van der Waals surface area contributed by atoms with E-state index in [0.29, 0.717) is 36.3 Å². The summed E-state index contributed by atoms with van der Waals surface area (Å²) in [5, 5.41) is 2.73. The first-order valence-electron chi connectivity index (χ1n) is 13.4. The molecule has 3 aromatic rings. The number of fused-ring (bicyclic) bond motifs is 1. The predicted octanol–water partition coefficient (Wildman–Crippen LogP) is 3.62. The van der Waals surface area contributed by atoms with Gasteiger partial charge in [0.15, 0.2) is 0 Å². The van der Waals surface area contributed by atoms with E-state index in [9.17, 15) is 9.59 Å². The molecule has 37 heavy (non-hydrogen) atoms. The summed E-state index contributed by atoms with van der Waals surface area (Å²) in [4.78, 5) is 39.6. The van der Waals surface area contributed by atoms with Gasteiger partial charge in [-0.3, -0.25) is 9.59 Å². The highest BCUT2D eigenvalue weighted by Gasteiger charge is 2.34. The maximum absolute atomic E-state index is 13.4. The fourth-order valence-corrected chi connectivity index (χ4v) is 5.64. The van der Waals surface area contributed by atoms with Crippen molar-refractivity contribution in [3.05, 3.63) is 53.6 Å². The number of hydrogen-bond donors (Lipinski definition) is 2. The Morgan fingerprint density at radius 2 is 1.95 bits per heavy atom. The Morgan fingerprint density at radius 3 is 2.70 bits per heavy atom. The Balaban J connectivity index is 1.36. The van der Waals surface area contributed by atoms with Crippen molar-refractivity contribution in [3.8, 4) is 0 Å². The molecule has 2 saturated heterocycles. The number of nitrogen functional groups attached to an aromatic ring is 1. The van der Waals surface area contributed by atoms with Gasteiger partial charge in [-0.25, -0.2) is 9.97 Å². The molecule has 2 atom stereocenters. The Labute approximate surface area is 218 Å².